The van der Waals surface area contributed by atoms with Crippen LogP contribution < -0.4 is 0 Å². The van der Waals surface area contributed by atoms with E-state index in [0.717, 1.165) is 29.9 Å². The Morgan fingerprint density at radius 2 is 2.05 bits per heavy atom. The van der Waals surface area contributed by atoms with Crippen molar-refractivity contribution in [3.05, 3.63) is 59.8 Å². The minimum absolute atomic E-state index is 0.0125. The average molecular weight is 264 g/mol. The van der Waals surface area contributed by atoms with Gasteiger partial charge in [0.1, 0.15) is 0 Å². The molecule has 1 aliphatic rings. The quantitative estimate of drug-likeness (QED) is 0.714. The standard InChI is InChI=1S/C16H16N4/c1-12-4-5-13(18-11-12)16(6-2-7-16)14-10-15-17-8-3-9-20(15)19-14/h3-5,8-11H,2,6-7H2,1H3. The molecule has 0 unspecified atom stereocenters. The van der Waals surface area contributed by atoms with E-state index >= 15 is 0 Å². The van der Waals surface area contributed by atoms with Crippen molar-refractivity contribution in [2.24, 2.45) is 0 Å². The molecule has 0 bridgehead atoms. The molecular formula is C16H16N4. The Bertz CT molecular complexity index is 721. The van der Waals surface area contributed by atoms with E-state index in [-0.39, 0.29) is 5.41 Å². The maximum Gasteiger partial charge on any atom is 0.155 e. The number of aromatic nitrogens is 4. The van der Waals surface area contributed by atoms with Crippen LogP contribution in [-0.4, -0.2) is 19.6 Å². The molecule has 0 atom stereocenters. The zero-order valence-electron chi connectivity index (χ0n) is 11.5. The zero-order chi connectivity index (χ0) is 13.6. The van der Waals surface area contributed by atoms with Gasteiger partial charge in [0, 0.05) is 24.7 Å². The molecule has 0 saturated heterocycles. The summed E-state index contributed by atoms with van der Waals surface area (Å²) in [4.78, 5) is 9.01. The smallest absolute Gasteiger partial charge is 0.155 e. The van der Waals surface area contributed by atoms with E-state index in [0.29, 0.717) is 0 Å². The van der Waals surface area contributed by atoms with Gasteiger partial charge < -0.3 is 0 Å². The third-order valence-corrected chi connectivity index (χ3v) is 4.34. The van der Waals surface area contributed by atoms with E-state index in [1.807, 2.05) is 23.0 Å². The summed E-state index contributed by atoms with van der Waals surface area (Å²) in [5, 5.41) is 4.72. The Balaban J connectivity index is 1.86. The summed E-state index contributed by atoms with van der Waals surface area (Å²) in [6.07, 6.45) is 9.17. The summed E-state index contributed by atoms with van der Waals surface area (Å²) in [7, 11) is 0. The van der Waals surface area contributed by atoms with Crippen molar-refractivity contribution >= 4 is 5.65 Å². The highest BCUT2D eigenvalue weighted by Crippen LogP contribution is 2.47. The van der Waals surface area contributed by atoms with E-state index in [1.165, 1.54) is 12.0 Å². The summed E-state index contributed by atoms with van der Waals surface area (Å²) in [5.41, 5.74) is 4.32. The van der Waals surface area contributed by atoms with Crippen molar-refractivity contribution in [1.82, 2.24) is 19.6 Å². The highest BCUT2D eigenvalue weighted by molar-refractivity contribution is 5.45. The van der Waals surface area contributed by atoms with Gasteiger partial charge in [-0.1, -0.05) is 12.5 Å². The molecule has 0 amide bonds. The van der Waals surface area contributed by atoms with Crippen molar-refractivity contribution in [3.63, 3.8) is 0 Å². The van der Waals surface area contributed by atoms with Crippen molar-refractivity contribution in [1.29, 1.82) is 0 Å². The van der Waals surface area contributed by atoms with Gasteiger partial charge in [0.15, 0.2) is 5.65 Å². The Morgan fingerprint density at radius 3 is 2.70 bits per heavy atom. The summed E-state index contributed by atoms with van der Waals surface area (Å²) in [6.45, 7) is 2.07. The predicted molar refractivity (Wildman–Crippen MR) is 76.6 cm³/mol. The fraction of sp³-hybridized carbons (Fsp3) is 0.312. The molecule has 4 rings (SSSR count). The number of aryl methyl sites for hydroxylation is 1. The highest BCUT2D eigenvalue weighted by Gasteiger charge is 2.43. The van der Waals surface area contributed by atoms with Crippen LogP contribution in [0.3, 0.4) is 0 Å². The molecule has 0 aliphatic heterocycles. The first-order valence-electron chi connectivity index (χ1n) is 7.02. The van der Waals surface area contributed by atoms with Crippen molar-refractivity contribution in [3.8, 4) is 0 Å². The summed E-state index contributed by atoms with van der Waals surface area (Å²) in [6, 6.07) is 8.28. The van der Waals surface area contributed by atoms with Crippen molar-refractivity contribution < 1.29 is 0 Å². The second-order valence-corrected chi connectivity index (χ2v) is 5.61. The molecule has 0 spiro atoms. The Kier molecular flexibility index (Phi) is 2.39. The molecule has 1 aliphatic carbocycles. The van der Waals surface area contributed by atoms with Gasteiger partial charge in [0.25, 0.3) is 0 Å². The molecule has 0 aromatic carbocycles. The highest BCUT2D eigenvalue weighted by atomic mass is 15.2. The van der Waals surface area contributed by atoms with Crippen LogP contribution in [0.25, 0.3) is 5.65 Å². The average Bonchev–Trinajstić information content (AvgIpc) is 2.83. The first-order valence-corrected chi connectivity index (χ1v) is 7.02. The molecule has 100 valence electrons. The molecule has 1 saturated carbocycles. The number of hydrogen-bond donors (Lipinski definition) is 0. The molecule has 20 heavy (non-hydrogen) atoms. The van der Waals surface area contributed by atoms with Crippen LogP contribution in [0.2, 0.25) is 0 Å². The van der Waals surface area contributed by atoms with Gasteiger partial charge in [0.05, 0.1) is 16.8 Å². The number of hydrogen-bond acceptors (Lipinski definition) is 3. The van der Waals surface area contributed by atoms with Crippen LogP contribution in [0.5, 0.6) is 0 Å². The second kappa shape index (κ2) is 4.13. The maximum atomic E-state index is 4.72. The van der Waals surface area contributed by atoms with Gasteiger partial charge in [-0.2, -0.15) is 5.10 Å². The van der Waals surface area contributed by atoms with Crippen LogP contribution in [0.15, 0.2) is 42.9 Å². The molecule has 0 N–H and O–H groups in total. The van der Waals surface area contributed by atoms with Crippen molar-refractivity contribution in [2.45, 2.75) is 31.6 Å². The largest absolute Gasteiger partial charge is 0.260 e. The second-order valence-electron chi connectivity index (χ2n) is 5.61. The first-order chi connectivity index (χ1) is 9.78. The Hall–Kier alpha value is -2.23. The Labute approximate surface area is 117 Å². The molecule has 3 aromatic heterocycles. The lowest BCUT2D eigenvalue weighted by Gasteiger charge is -2.39. The molecule has 0 radical (unpaired) electrons. The summed E-state index contributed by atoms with van der Waals surface area (Å²) in [5.74, 6) is 0. The fourth-order valence-electron chi connectivity index (χ4n) is 2.99. The van der Waals surface area contributed by atoms with E-state index in [9.17, 15) is 0 Å². The van der Waals surface area contributed by atoms with Gasteiger partial charge >= 0.3 is 0 Å². The third kappa shape index (κ3) is 1.57. The maximum absolute atomic E-state index is 4.72. The zero-order valence-corrected chi connectivity index (χ0v) is 11.5. The lowest BCUT2D eigenvalue weighted by atomic mass is 9.64. The number of rotatable bonds is 2. The lowest BCUT2D eigenvalue weighted by Crippen LogP contribution is -2.36. The summed E-state index contributed by atoms with van der Waals surface area (Å²) >= 11 is 0. The van der Waals surface area contributed by atoms with Crippen LogP contribution >= 0.6 is 0 Å². The minimum Gasteiger partial charge on any atom is -0.260 e. The lowest BCUT2D eigenvalue weighted by molar-refractivity contribution is 0.285. The van der Waals surface area contributed by atoms with E-state index in [1.54, 1.807) is 6.20 Å². The molecule has 1 fully saturated rings. The van der Waals surface area contributed by atoms with E-state index in [4.69, 9.17) is 5.10 Å². The molecular weight excluding hydrogens is 248 g/mol. The summed E-state index contributed by atoms with van der Waals surface area (Å²) < 4.78 is 1.85. The van der Waals surface area contributed by atoms with Crippen molar-refractivity contribution in [2.75, 3.05) is 0 Å². The van der Waals surface area contributed by atoms with Gasteiger partial charge in [-0.3, -0.25) is 4.98 Å². The monoisotopic (exact) mass is 264 g/mol. The van der Waals surface area contributed by atoms with Gasteiger partial charge in [0.2, 0.25) is 0 Å². The molecule has 4 nitrogen and oxygen atoms in total. The van der Waals surface area contributed by atoms with Gasteiger partial charge in [-0.25, -0.2) is 9.50 Å². The molecule has 4 heteroatoms. The van der Waals surface area contributed by atoms with E-state index < -0.39 is 0 Å². The predicted octanol–water partition coefficient (Wildman–Crippen LogP) is 2.90. The SMILES string of the molecule is Cc1ccc(C2(c3cc4ncccn4n3)CCC2)nc1. The number of fused-ring (bicyclic) bond motifs is 1. The molecule has 3 heterocycles. The van der Waals surface area contributed by atoms with Crippen LogP contribution in [0.1, 0.15) is 36.2 Å². The molecule has 3 aromatic rings. The van der Waals surface area contributed by atoms with E-state index in [2.05, 4.69) is 35.1 Å². The fourth-order valence-corrected chi connectivity index (χ4v) is 2.99. The van der Waals surface area contributed by atoms with Crippen LogP contribution in [0.4, 0.5) is 0 Å². The minimum atomic E-state index is -0.0125. The van der Waals surface area contributed by atoms with Crippen LogP contribution in [0, 0.1) is 6.92 Å². The van der Waals surface area contributed by atoms with Gasteiger partial charge in [-0.05, 0) is 37.5 Å². The topological polar surface area (TPSA) is 43.1 Å². The van der Waals surface area contributed by atoms with Crippen LogP contribution in [-0.2, 0) is 5.41 Å². The third-order valence-electron chi connectivity index (χ3n) is 4.34. The number of nitrogens with zero attached hydrogens (tertiary/aromatic N) is 4. The van der Waals surface area contributed by atoms with Gasteiger partial charge in [-0.15, -0.1) is 0 Å². The number of pyridine rings is 1. The normalized spacial score (nSPS) is 17.1. The Morgan fingerprint density at radius 1 is 1.15 bits per heavy atom. The first kappa shape index (κ1) is 11.6.